The number of benzene rings is 2. The molecular weight excluding hydrogens is 322 g/mol. The number of para-hydroxylation sites is 1. The average Bonchev–Trinajstić information content (AvgIpc) is 2.61. The maximum absolute atomic E-state index is 5.96. The quantitative estimate of drug-likeness (QED) is 0.524. The zero-order valence-corrected chi connectivity index (χ0v) is 16.6. The molecule has 0 unspecified atom stereocenters. The second-order valence-electron chi connectivity index (χ2n) is 7.55. The first-order chi connectivity index (χ1) is 12.5. The minimum Gasteiger partial charge on any atom is -0.494 e. The molecule has 0 aromatic heterocycles. The molecule has 0 radical (unpaired) electrons. The summed E-state index contributed by atoms with van der Waals surface area (Å²) in [7, 11) is 0. The Hall–Kier alpha value is -2.16. The van der Waals surface area contributed by atoms with Crippen molar-refractivity contribution in [2.24, 2.45) is 11.8 Å². The highest BCUT2D eigenvalue weighted by Crippen LogP contribution is 2.21. The molecule has 0 bridgehead atoms. The Labute approximate surface area is 158 Å². The first-order valence-corrected chi connectivity index (χ1v) is 9.72. The van der Waals surface area contributed by atoms with Gasteiger partial charge in [0.1, 0.15) is 11.5 Å². The van der Waals surface area contributed by atoms with Crippen LogP contribution in [0.25, 0.3) is 0 Å². The zero-order valence-electron chi connectivity index (χ0n) is 16.6. The molecule has 3 heteroatoms. The van der Waals surface area contributed by atoms with E-state index in [1.807, 2.05) is 24.3 Å². The van der Waals surface area contributed by atoms with Gasteiger partial charge in [0.05, 0.1) is 13.2 Å². The van der Waals surface area contributed by atoms with E-state index in [9.17, 15) is 0 Å². The van der Waals surface area contributed by atoms with E-state index in [4.69, 9.17) is 9.47 Å². The first kappa shape index (κ1) is 20.2. The summed E-state index contributed by atoms with van der Waals surface area (Å²) in [5.41, 5.74) is 2.26. The molecule has 0 atom stereocenters. The highest BCUT2D eigenvalue weighted by atomic mass is 16.5. The average molecular weight is 356 g/mol. The third-order valence-corrected chi connectivity index (χ3v) is 4.23. The molecule has 0 saturated heterocycles. The number of ether oxygens (including phenoxy) is 2. The van der Waals surface area contributed by atoms with Gasteiger partial charge in [0.25, 0.3) is 0 Å². The summed E-state index contributed by atoms with van der Waals surface area (Å²) in [6.07, 6.45) is 2.15. The molecule has 0 fully saturated rings. The topological polar surface area (TPSA) is 30.5 Å². The maximum Gasteiger partial charge on any atom is 0.124 e. The molecule has 3 nitrogen and oxygen atoms in total. The molecule has 1 N–H and O–H groups in total. The number of nitrogens with one attached hydrogen (secondary N) is 1. The molecule has 0 heterocycles. The molecular formula is C23H33NO2. The van der Waals surface area contributed by atoms with Crippen molar-refractivity contribution in [1.29, 1.82) is 0 Å². The molecule has 0 saturated carbocycles. The van der Waals surface area contributed by atoms with Gasteiger partial charge in [-0.15, -0.1) is 0 Å². The fraction of sp³-hybridized carbons (Fsp3) is 0.478. The van der Waals surface area contributed by atoms with Crippen LogP contribution >= 0.6 is 0 Å². The van der Waals surface area contributed by atoms with Crippen LogP contribution in [-0.4, -0.2) is 13.2 Å². The van der Waals surface area contributed by atoms with Gasteiger partial charge in [-0.05, 0) is 55.0 Å². The third kappa shape index (κ3) is 7.38. The molecule has 0 aliphatic rings. The van der Waals surface area contributed by atoms with Crippen LogP contribution in [0.15, 0.2) is 48.5 Å². The Morgan fingerprint density at radius 1 is 0.769 bits per heavy atom. The van der Waals surface area contributed by atoms with Gasteiger partial charge in [-0.2, -0.15) is 0 Å². The first-order valence-electron chi connectivity index (χ1n) is 9.72. The van der Waals surface area contributed by atoms with Crippen LogP contribution in [0.1, 0.15) is 46.1 Å². The highest BCUT2D eigenvalue weighted by Gasteiger charge is 2.04. The van der Waals surface area contributed by atoms with E-state index in [1.165, 1.54) is 5.56 Å². The Kier molecular flexibility index (Phi) is 8.33. The Bertz CT molecular complexity index is 635. The second-order valence-corrected chi connectivity index (χ2v) is 7.55. The standard InChI is InChI=1S/C23H33NO2/c1-18(2)13-15-25-22-11-9-21(10-12-22)24-17-20-7-5-6-8-23(20)26-16-14-19(3)4/h5-12,18-19,24H,13-17H2,1-4H3. The van der Waals surface area contributed by atoms with Crippen LogP contribution in [0.5, 0.6) is 11.5 Å². The van der Waals surface area contributed by atoms with E-state index in [0.29, 0.717) is 11.8 Å². The van der Waals surface area contributed by atoms with Gasteiger partial charge in [-0.3, -0.25) is 0 Å². The van der Waals surface area contributed by atoms with Crippen molar-refractivity contribution < 1.29 is 9.47 Å². The van der Waals surface area contributed by atoms with E-state index in [1.54, 1.807) is 0 Å². The number of anilines is 1. The smallest absolute Gasteiger partial charge is 0.124 e. The Balaban J connectivity index is 1.84. The van der Waals surface area contributed by atoms with Crippen molar-refractivity contribution >= 4 is 5.69 Å². The lowest BCUT2D eigenvalue weighted by atomic mass is 10.1. The lowest BCUT2D eigenvalue weighted by Gasteiger charge is -2.14. The summed E-state index contributed by atoms with van der Waals surface area (Å²) in [5.74, 6) is 3.21. The molecule has 2 aromatic rings. The van der Waals surface area contributed by atoms with Crippen LogP contribution in [0.3, 0.4) is 0 Å². The van der Waals surface area contributed by atoms with Crippen LogP contribution in [0, 0.1) is 11.8 Å². The van der Waals surface area contributed by atoms with E-state index >= 15 is 0 Å². The minimum absolute atomic E-state index is 0.654. The molecule has 0 aliphatic carbocycles. The van der Waals surface area contributed by atoms with Gasteiger partial charge >= 0.3 is 0 Å². The van der Waals surface area contributed by atoms with Crippen molar-refractivity contribution in [3.05, 3.63) is 54.1 Å². The molecule has 0 aliphatic heterocycles. The summed E-state index contributed by atoms with van der Waals surface area (Å²) in [4.78, 5) is 0. The van der Waals surface area contributed by atoms with Crippen LogP contribution in [-0.2, 0) is 6.54 Å². The molecule has 0 amide bonds. The third-order valence-electron chi connectivity index (χ3n) is 4.23. The molecule has 142 valence electrons. The van der Waals surface area contributed by atoms with Crippen molar-refractivity contribution in [1.82, 2.24) is 0 Å². The number of rotatable bonds is 11. The van der Waals surface area contributed by atoms with Gasteiger partial charge in [0.15, 0.2) is 0 Å². The van der Waals surface area contributed by atoms with Crippen molar-refractivity contribution in [2.75, 3.05) is 18.5 Å². The summed E-state index contributed by atoms with van der Waals surface area (Å²) >= 11 is 0. The van der Waals surface area contributed by atoms with E-state index < -0.39 is 0 Å². The van der Waals surface area contributed by atoms with Gasteiger partial charge in [-0.1, -0.05) is 45.9 Å². The highest BCUT2D eigenvalue weighted by molar-refractivity contribution is 5.47. The van der Waals surface area contributed by atoms with Crippen LogP contribution in [0.2, 0.25) is 0 Å². The van der Waals surface area contributed by atoms with Gasteiger partial charge in [-0.25, -0.2) is 0 Å². The molecule has 26 heavy (non-hydrogen) atoms. The fourth-order valence-corrected chi connectivity index (χ4v) is 2.47. The molecule has 0 spiro atoms. The zero-order chi connectivity index (χ0) is 18.8. The molecule has 2 aromatic carbocycles. The normalized spacial score (nSPS) is 11.0. The van der Waals surface area contributed by atoms with E-state index in [2.05, 4.69) is 57.3 Å². The molecule has 2 rings (SSSR count). The monoisotopic (exact) mass is 355 g/mol. The minimum atomic E-state index is 0.654. The summed E-state index contributed by atoms with van der Waals surface area (Å²) in [6.45, 7) is 11.1. The summed E-state index contributed by atoms with van der Waals surface area (Å²) in [6, 6.07) is 16.4. The van der Waals surface area contributed by atoms with Crippen LogP contribution in [0.4, 0.5) is 5.69 Å². The van der Waals surface area contributed by atoms with Gasteiger partial charge < -0.3 is 14.8 Å². The van der Waals surface area contributed by atoms with Crippen molar-refractivity contribution in [3.8, 4) is 11.5 Å². The predicted molar refractivity (Wildman–Crippen MR) is 110 cm³/mol. The van der Waals surface area contributed by atoms with Gasteiger partial charge in [0, 0.05) is 17.8 Å². The Morgan fingerprint density at radius 3 is 2.04 bits per heavy atom. The van der Waals surface area contributed by atoms with Gasteiger partial charge in [0.2, 0.25) is 0 Å². The van der Waals surface area contributed by atoms with E-state index in [0.717, 1.165) is 49.8 Å². The summed E-state index contributed by atoms with van der Waals surface area (Å²) < 4.78 is 11.7. The van der Waals surface area contributed by atoms with Crippen molar-refractivity contribution in [2.45, 2.75) is 47.1 Å². The fourth-order valence-electron chi connectivity index (χ4n) is 2.47. The van der Waals surface area contributed by atoms with Crippen molar-refractivity contribution in [3.63, 3.8) is 0 Å². The number of hydrogen-bond acceptors (Lipinski definition) is 3. The van der Waals surface area contributed by atoms with Crippen LogP contribution < -0.4 is 14.8 Å². The SMILES string of the molecule is CC(C)CCOc1ccc(NCc2ccccc2OCCC(C)C)cc1. The summed E-state index contributed by atoms with van der Waals surface area (Å²) in [5, 5.41) is 3.47. The Morgan fingerprint density at radius 2 is 1.38 bits per heavy atom. The largest absolute Gasteiger partial charge is 0.494 e. The maximum atomic E-state index is 5.96. The predicted octanol–water partition coefficient (Wildman–Crippen LogP) is 6.15. The number of hydrogen-bond donors (Lipinski definition) is 1. The lowest BCUT2D eigenvalue weighted by Crippen LogP contribution is -2.06. The lowest BCUT2D eigenvalue weighted by molar-refractivity contribution is 0.287. The second kappa shape index (κ2) is 10.7. The van der Waals surface area contributed by atoms with E-state index in [-0.39, 0.29) is 0 Å².